The van der Waals surface area contributed by atoms with Crippen molar-refractivity contribution in [1.29, 1.82) is 0 Å². The Hall–Kier alpha value is -2.57. The van der Waals surface area contributed by atoms with E-state index in [4.69, 9.17) is 5.73 Å². The molecule has 0 aromatic heterocycles. The fraction of sp³-hybridized carbons (Fsp3) is 0.550. The summed E-state index contributed by atoms with van der Waals surface area (Å²) in [6, 6.07) is 5.77. The molecule has 27 heavy (non-hydrogen) atoms. The fourth-order valence-corrected chi connectivity index (χ4v) is 2.69. The molecule has 1 aromatic carbocycles. The van der Waals surface area contributed by atoms with E-state index in [2.05, 4.69) is 17.6 Å². The van der Waals surface area contributed by atoms with Crippen LogP contribution >= 0.6 is 0 Å². The molecule has 1 atom stereocenters. The number of unbranched alkanes of at least 4 members (excludes halogenated alkanes) is 4. The molecule has 1 aromatic rings. The van der Waals surface area contributed by atoms with Gasteiger partial charge in [0.1, 0.15) is 11.8 Å². The molecular formula is C20H31N3O4. The lowest BCUT2D eigenvalue weighted by Crippen LogP contribution is -2.47. The molecule has 3 amide bonds. The van der Waals surface area contributed by atoms with E-state index in [0.717, 1.165) is 37.7 Å². The average Bonchev–Trinajstić information content (AvgIpc) is 2.61. The zero-order valence-electron chi connectivity index (χ0n) is 16.0. The highest BCUT2D eigenvalue weighted by molar-refractivity contribution is 5.91. The summed E-state index contributed by atoms with van der Waals surface area (Å²) in [5.41, 5.74) is 6.19. The number of carbonyl (C=O) groups excluding carboxylic acids is 3. The van der Waals surface area contributed by atoms with Crippen molar-refractivity contribution in [2.24, 2.45) is 5.73 Å². The van der Waals surface area contributed by atoms with Gasteiger partial charge in [-0.1, -0.05) is 44.7 Å². The molecule has 7 heteroatoms. The van der Waals surface area contributed by atoms with Gasteiger partial charge in [-0.05, 0) is 30.5 Å². The lowest BCUT2D eigenvalue weighted by Gasteiger charge is -2.15. The van der Waals surface area contributed by atoms with Crippen molar-refractivity contribution < 1.29 is 19.5 Å². The number of rotatable bonds is 13. The van der Waals surface area contributed by atoms with Gasteiger partial charge in [-0.3, -0.25) is 14.4 Å². The molecule has 0 aliphatic rings. The smallest absolute Gasteiger partial charge is 0.240 e. The van der Waals surface area contributed by atoms with Crippen LogP contribution in [0.15, 0.2) is 24.3 Å². The highest BCUT2D eigenvalue weighted by Gasteiger charge is 2.21. The second kappa shape index (κ2) is 12.7. The molecule has 7 nitrogen and oxygen atoms in total. The fourth-order valence-electron chi connectivity index (χ4n) is 2.69. The van der Waals surface area contributed by atoms with E-state index < -0.39 is 11.9 Å². The lowest BCUT2D eigenvalue weighted by atomic mass is 10.1. The van der Waals surface area contributed by atoms with E-state index in [1.165, 1.54) is 0 Å². The maximum atomic E-state index is 12.0. The van der Waals surface area contributed by atoms with Crippen molar-refractivity contribution in [2.45, 2.75) is 64.3 Å². The van der Waals surface area contributed by atoms with E-state index >= 15 is 0 Å². The third-order valence-electron chi connectivity index (χ3n) is 4.22. The van der Waals surface area contributed by atoms with Crippen LogP contribution in [0.4, 0.5) is 0 Å². The number of phenols is 1. The Morgan fingerprint density at radius 2 is 1.85 bits per heavy atom. The van der Waals surface area contributed by atoms with Crippen LogP contribution in [0.25, 0.3) is 0 Å². The third-order valence-corrected chi connectivity index (χ3v) is 4.22. The van der Waals surface area contributed by atoms with E-state index in [9.17, 15) is 19.5 Å². The van der Waals surface area contributed by atoms with Crippen LogP contribution in [0.2, 0.25) is 0 Å². The summed E-state index contributed by atoms with van der Waals surface area (Å²) in [5.74, 6) is -1.17. The van der Waals surface area contributed by atoms with E-state index in [1.54, 1.807) is 18.2 Å². The highest BCUT2D eigenvalue weighted by atomic mass is 16.3. The highest BCUT2D eigenvalue weighted by Crippen LogP contribution is 2.11. The number of hydrogen-bond acceptors (Lipinski definition) is 4. The Morgan fingerprint density at radius 3 is 2.52 bits per heavy atom. The van der Waals surface area contributed by atoms with Crippen molar-refractivity contribution in [1.82, 2.24) is 10.6 Å². The molecule has 0 heterocycles. The first-order valence-electron chi connectivity index (χ1n) is 9.55. The minimum Gasteiger partial charge on any atom is -0.508 e. The van der Waals surface area contributed by atoms with Gasteiger partial charge in [0.15, 0.2) is 0 Å². The van der Waals surface area contributed by atoms with Crippen molar-refractivity contribution in [2.75, 3.05) is 6.54 Å². The molecule has 0 radical (unpaired) electrons. The molecule has 0 fully saturated rings. The van der Waals surface area contributed by atoms with Gasteiger partial charge < -0.3 is 21.5 Å². The van der Waals surface area contributed by atoms with Crippen molar-refractivity contribution in [3.63, 3.8) is 0 Å². The van der Waals surface area contributed by atoms with Gasteiger partial charge in [0, 0.05) is 13.0 Å². The van der Waals surface area contributed by atoms with Gasteiger partial charge >= 0.3 is 0 Å². The minimum absolute atomic E-state index is 0.171. The van der Waals surface area contributed by atoms with E-state index in [-0.39, 0.29) is 24.0 Å². The topological polar surface area (TPSA) is 122 Å². The normalized spacial score (nSPS) is 11.6. The number of carbonyl (C=O) groups is 3. The summed E-state index contributed by atoms with van der Waals surface area (Å²) in [5, 5.41) is 14.7. The lowest BCUT2D eigenvalue weighted by molar-refractivity contribution is -0.130. The Balaban J connectivity index is 2.32. The van der Waals surface area contributed by atoms with Gasteiger partial charge in [-0.15, -0.1) is 0 Å². The molecule has 0 aliphatic heterocycles. The maximum Gasteiger partial charge on any atom is 0.240 e. The van der Waals surface area contributed by atoms with E-state index in [1.807, 2.05) is 6.07 Å². The number of phenolic OH excluding ortho intramolecular Hbond substituents is 1. The Kier molecular flexibility index (Phi) is 10.6. The molecule has 0 unspecified atom stereocenters. The van der Waals surface area contributed by atoms with Crippen molar-refractivity contribution in [3.8, 4) is 5.75 Å². The van der Waals surface area contributed by atoms with Crippen molar-refractivity contribution in [3.05, 3.63) is 29.8 Å². The molecule has 0 spiro atoms. The number of benzene rings is 1. The summed E-state index contributed by atoms with van der Waals surface area (Å²) in [7, 11) is 0. The summed E-state index contributed by atoms with van der Waals surface area (Å²) in [4.78, 5) is 35.5. The Labute approximate surface area is 160 Å². The van der Waals surface area contributed by atoms with Crippen LogP contribution < -0.4 is 16.4 Å². The number of aromatic hydroxyl groups is 1. The summed E-state index contributed by atoms with van der Waals surface area (Å²) in [6.07, 6.45) is 5.79. The quantitative estimate of drug-likeness (QED) is 0.391. The SMILES string of the molecule is CCCCCCCC(=O)N[C@H](CC(=O)NCCc1cccc(O)c1)C(N)=O. The first-order chi connectivity index (χ1) is 12.9. The number of nitrogens with one attached hydrogen (secondary N) is 2. The number of primary amides is 1. The van der Waals surface area contributed by atoms with Crippen LogP contribution in [0.3, 0.4) is 0 Å². The molecule has 0 bridgehead atoms. The predicted octanol–water partition coefficient (Wildman–Crippen LogP) is 1.77. The standard InChI is InChI=1S/C20H31N3O4/c1-2-3-4-5-6-10-18(25)23-17(20(21)27)14-19(26)22-12-11-15-8-7-9-16(24)13-15/h7-9,13,17,24H,2-6,10-12,14H2,1H3,(H2,21,27)(H,22,26)(H,23,25)/t17-/m1/s1. The zero-order chi connectivity index (χ0) is 20.1. The Morgan fingerprint density at radius 1 is 1.11 bits per heavy atom. The number of nitrogens with two attached hydrogens (primary N) is 1. The average molecular weight is 377 g/mol. The zero-order valence-corrected chi connectivity index (χ0v) is 16.0. The first-order valence-corrected chi connectivity index (χ1v) is 9.55. The molecule has 0 aliphatic carbocycles. The first kappa shape index (κ1) is 22.5. The maximum absolute atomic E-state index is 12.0. The second-order valence-electron chi connectivity index (χ2n) is 6.66. The molecule has 0 saturated heterocycles. The number of hydrogen-bond donors (Lipinski definition) is 4. The molecule has 150 valence electrons. The molecule has 5 N–H and O–H groups in total. The monoisotopic (exact) mass is 377 g/mol. The van der Waals surface area contributed by atoms with Crippen LogP contribution in [0, 0.1) is 0 Å². The molecular weight excluding hydrogens is 346 g/mol. The summed E-state index contributed by atoms with van der Waals surface area (Å²) < 4.78 is 0. The largest absolute Gasteiger partial charge is 0.508 e. The van der Waals surface area contributed by atoms with Crippen LogP contribution in [-0.2, 0) is 20.8 Å². The van der Waals surface area contributed by atoms with Crippen LogP contribution in [0.1, 0.15) is 57.4 Å². The van der Waals surface area contributed by atoms with E-state index in [0.29, 0.717) is 19.4 Å². The molecule has 1 rings (SSSR count). The summed E-state index contributed by atoms with van der Waals surface area (Å²) >= 11 is 0. The number of amides is 3. The predicted molar refractivity (Wildman–Crippen MR) is 104 cm³/mol. The van der Waals surface area contributed by atoms with Crippen molar-refractivity contribution >= 4 is 17.7 Å². The van der Waals surface area contributed by atoms with Gasteiger partial charge in [-0.25, -0.2) is 0 Å². The third kappa shape index (κ3) is 10.2. The van der Waals surface area contributed by atoms with Gasteiger partial charge in [0.05, 0.1) is 6.42 Å². The van der Waals surface area contributed by atoms with Gasteiger partial charge in [0.2, 0.25) is 17.7 Å². The van der Waals surface area contributed by atoms with Gasteiger partial charge in [0.25, 0.3) is 0 Å². The van der Waals surface area contributed by atoms with Crippen LogP contribution in [-0.4, -0.2) is 35.4 Å². The minimum atomic E-state index is -1.01. The summed E-state index contributed by atoms with van der Waals surface area (Å²) in [6.45, 7) is 2.48. The van der Waals surface area contributed by atoms with Gasteiger partial charge in [-0.2, -0.15) is 0 Å². The Bertz CT molecular complexity index is 619. The molecule has 0 saturated carbocycles. The second-order valence-corrected chi connectivity index (χ2v) is 6.66. The van der Waals surface area contributed by atoms with Crippen LogP contribution in [0.5, 0.6) is 5.75 Å².